The molecule has 3 aliphatic rings. The SMILES string of the molecule is CC[C@@H]1C(=O)N(C)c2cnc(C3N=NC=C3c3ccccc3)nc2N1C1CCCC1. The van der Waals surface area contributed by atoms with E-state index in [2.05, 4.69) is 39.2 Å². The number of azo groups is 1. The van der Waals surface area contributed by atoms with Crippen molar-refractivity contribution in [1.29, 1.82) is 0 Å². The highest BCUT2D eigenvalue weighted by atomic mass is 16.2. The summed E-state index contributed by atoms with van der Waals surface area (Å²) in [4.78, 5) is 26.7. The topological polar surface area (TPSA) is 74.0 Å². The van der Waals surface area contributed by atoms with Gasteiger partial charge in [0.05, 0.1) is 12.4 Å². The number of aromatic nitrogens is 2. The minimum Gasteiger partial charge on any atom is -0.340 e. The lowest BCUT2D eigenvalue weighted by Crippen LogP contribution is -2.55. The number of amides is 1. The fourth-order valence-corrected chi connectivity index (χ4v) is 4.88. The summed E-state index contributed by atoms with van der Waals surface area (Å²) in [5.41, 5.74) is 2.84. The summed E-state index contributed by atoms with van der Waals surface area (Å²) in [6.07, 6.45) is 8.94. The van der Waals surface area contributed by atoms with Gasteiger partial charge in [-0.25, -0.2) is 9.97 Å². The van der Waals surface area contributed by atoms with Gasteiger partial charge in [-0.3, -0.25) is 4.79 Å². The lowest BCUT2D eigenvalue weighted by Gasteiger charge is -2.43. The summed E-state index contributed by atoms with van der Waals surface area (Å²) >= 11 is 0. The van der Waals surface area contributed by atoms with Crippen molar-refractivity contribution in [3.63, 3.8) is 0 Å². The molecule has 154 valence electrons. The third kappa shape index (κ3) is 3.00. The number of fused-ring (bicyclic) bond motifs is 1. The van der Waals surface area contributed by atoms with E-state index < -0.39 is 0 Å². The van der Waals surface area contributed by atoms with Crippen molar-refractivity contribution in [2.24, 2.45) is 10.2 Å². The van der Waals surface area contributed by atoms with E-state index in [0.717, 1.165) is 41.9 Å². The quantitative estimate of drug-likeness (QED) is 0.753. The van der Waals surface area contributed by atoms with Crippen molar-refractivity contribution < 1.29 is 4.79 Å². The summed E-state index contributed by atoms with van der Waals surface area (Å²) in [7, 11) is 1.82. The third-order valence-corrected chi connectivity index (χ3v) is 6.46. The van der Waals surface area contributed by atoms with Gasteiger partial charge in [-0.05, 0) is 24.8 Å². The average molecular weight is 403 g/mol. The Morgan fingerprint density at radius 1 is 1.13 bits per heavy atom. The fourth-order valence-electron chi connectivity index (χ4n) is 4.88. The van der Waals surface area contributed by atoms with Crippen molar-refractivity contribution in [2.45, 2.75) is 57.2 Å². The maximum atomic E-state index is 13.1. The highest BCUT2D eigenvalue weighted by Gasteiger charge is 2.41. The minimum absolute atomic E-state index is 0.124. The van der Waals surface area contributed by atoms with E-state index in [1.165, 1.54) is 12.8 Å². The lowest BCUT2D eigenvalue weighted by atomic mass is 9.99. The van der Waals surface area contributed by atoms with Crippen LogP contribution in [0.15, 0.2) is 53.0 Å². The molecule has 0 bridgehead atoms. The molecule has 2 aliphatic heterocycles. The first-order chi connectivity index (χ1) is 14.7. The third-order valence-electron chi connectivity index (χ3n) is 6.46. The molecule has 30 heavy (non-hydrogen) atoms. The molecule has 1 aliphatic carbocycles. The van der Waals surface area contributed by atoms with Gasteiger partial charge in [0, 0.05) is 18.7 Å². The Labute approximate surface area is 176 Å². The summed E-state index contributed by atoms with van der Waals surface area (Å²) in [5, 5.41) is 8.59. The summed E-state index contributed by atoms with van der Waals surface area (Å²) in [6.45, 7) is 2.08. The minimum atomic E-state index is -0.328. The van der Waals surface area contributed by atoms with Crippen LogP contribution in [0, 0.1) is 0 Å². The van der Waals surface area contributed by atoms with Crippen molar-refractivity contribution in [2.75, 3.05) is 16.8 Å². The molecular weight excluding hydrogens is 376 g/mol. The normalized spacial score (nSPS) is 23.8. The van der Waals surface area contributed by atoms with Crippen LogP contribution in [0.3, 0.4) is 0 Å². The second kappa shape index (κ2) is 7.63. The number of likely N-dealkylation sites (N-methyl/N-ethyl adjacent to an activating group) is 1. The molecule has 2 atom stereocenters. The first-order valence-corrected chi connectivity index (χ1v) is 10.8. The number of rotatable bonds is 4. The molecule has 1 aromatic carbocycles. The van der Waals surface area contributed by atoms with Crippen molar-refractivity contribution in [1.82, 2.24) is 9.97 Å². The van der Waals surface area contributed by atoms with Crippen molar-refractivity contribution in [3.05, 3.63) is 54.1 Å². The number of carbonyl (C=O) groups is 1. The van der Waals surface area contributed by atoms with Gasteiger partial charge in [0.25, 0.3) is 0 Å². The standard InChI is InChI=1S/C23H26N6O/c1-3-18-23(30)28(2)19-14-24-21(26-22(19)29(18)16-11-7-8-12-16)20-17(13-25-27-20)15-9-5-4-6-10-15/h4-6,9-10,13-14,16,18,20H,3,7-8,11-12H2,1-2H3/t18-,20?/m1/s1. The molecule has 0 saturated heterocycles. The largest absolute Gasteiger partial charge is 0.340 e. The van der Waals surface area contributed by atoms with Crippen LogP contribution < -0.4 is 9.80 Å². The van der Waals surface area contributed by atoms with E-state index in [0.29, 0.717) is 11.9 Å². The molecule has 1 amide bonds. The summed E-state index contributed by atoms with van der Waals surface area (Å²) in [6, 6.07) is 9.96. The van der Waals surface area contributed by atoms with Crippen molar-refractivity contribution >= 4 is 23.0 Å². The number of anilines is 2. The van der Waals surface area contributed by atoms with Crippen LogP contribution in [0.1, 0.15) is 56.5 Å². The van der Waals surface area contributed by atoms with Crippen LogP contribution >= 0.6 is 0 Å². The second-order valence-electron chi connectivity index (χ2n) is 8.19. The number of nitrogens with zero attached hydrogens (tertiary/aromatic N) is 6. The van der Waals surface area contributed by atoms with Crippen LogP contribution in [0.4, 0.5) is 11.5 Å². The van der Waals surface area contributed by atoms with E-state index >= 15 is 0 Å². The number of benzene rings is 1. The predicted octanol–water partition coefficient (Wildman–Crippen LogP) is 4.53. The van der Waals surface area contributed by atoms with Gasteiger partial charge in [0.1, 0.15) is 11.7 Å². The Hall–Kier alpha value is -3.09. The average Bonchev–Trinajstić information content (AvgIpc) is 3.48. The van der Waals surface area contributed by atoms with E-state index in [9.17, 15) is 4.79 Å². The molecule has 1 fully saturated rings. The number of carbonyl (C=O) groups excluding carboxylic acids is 1. The van der Waals surface area contributed by atoms with E-state index in [-0.39, 0.29) is 18.0 Å². The van der Waals surface area contributed by atoms with Crippen LogP contribution in [0.25, 0.3) is 5.57 Å². The number of hydrogen-bond acceptors (Lipinski definition) is 6. The summed E-state index contributed by atoms with van der Waals surface area (Å²) < 4.78 is 0. The predicted molar refractivity (Wildman–Crippen MR) is 116 cm³/mol. The van der Waals surface area contributed by atoms with E-state index in [1.54, 1.807) is 17.3 Å². The van der Waals surface area contributed by atoms with E-state index in [1.807, 2.05) is 25.2 Å². The smallest absolute Gasteiger partial charge is 0.249 e. The van der Waals surface area contributed by atoms with Gasteiger partial charge in [-0.1, -0.05) is 50.1 Å². The van der Waals surface area contributed by atoms with E-state index in [4.69, 9.17) is 4.98 Å². The van der Waals surface area contributed by atoms with Crippen molar-refractivity contribution in [3.8, 4) is 0 Å². The van der Waals surface area contributed by atoms with Gasteiger partial charge in [0.15, 0.2) is 17.7 Å². The molecule has 0 radical (unpaired) electrons. The Morgan fingerprint density at radius 2 is 1.90 bits per heavy atom. The molecule has 1 aromatic heterocycles. The zero-order valence-corrected chi connectivity index (χ0v) is 17.4. The fraction of sp³-hybridized carbons (Fsp3) is 0.435. The zero-order valence-electron chi connectivity index (χ0n) is 17.4. The van der Waals surface area contributed by atoms with Gasteiger partial charge < -0.3 is 9.80 Å². The Balaban J connectivity index is 1.58. The van der Waals surface area contributed by atoms with Gasteiger partial charge >= 0.3 is 0 Å². The molecule has 7 heteroatoms. The van der Waals surface area contributed by atoms with Crippen LogP contribution in [0.2, 0.25) is 0 Å². The van der Waals surface area contributed by atoms with Crippen LogP contribution in [-0.4, -0.2) is 35.0 Å². The first-order valence-electron chi connectivity index (χ1n) is 10.8. The molecule has 1 unspecified atom stereocenters. The number of hydrogen-bond donors (Lipinski definition) is 0. The summed E-state index contributed by atoms with van der Waals surface area (Å²) in [5.74, 6) is 1.61. The zero-order chi connectivity index (χ0) is 20.7. The molecule has 3 heterocycles. The van der Waals surface area contributed by atoms with Gasteiger partial charge in [-0.15, -0.1) is 0 Å². The molecular formula is C23H26N6O. The van der Waals surface area contributed by atoms with Gasteiger partial charge in [-0.2, -0.15) is 10.2 Å². The molecule has 5 rings (SSSR count). The molecule has 1 saturated carbocycles. The van der Waals surface area contributed by atoms with Crippen LogP contribution in [0.5, 0.6) is 0 Å². The Bertz CT molecular complexity index is 1010. The molecule has 0 N–H and O–H groups in total. The monoisotopic (exact) mass is 402 g/mol. The lowest BCUT2D eigenvalue weighted by molar-refractivity contribution is -0.120. The molecule has 7 nitrogen and oxygen atoms in total. The highest BCUT2D eigenvalue weighted by molar-refractivity contribution is 6.04. The van der Waals surface area contributed by atoms with Gasteiger partial charge in [0.2, 0.25) is 5.91 Å². The Kier molecular flexibility index (Phi) is 4.81. The first kappa shape index (κ1) is 18.9. The second-order valence-corrected chi connectivity index (χ2v) is 8.19. The highest BCUT2D eigenvalue weighted by Crippen LogP contribution is 2.42. The molecule has 2 aromatic rings. The maximum Gasteiger partial charge on any atom is 0.249 e. The molecule has 0 spiro atoms. The Morgan fingerprint density at radius 3 is 2.63 bits per heavy atom. The van der Waals surface area contributed by atoms with Crippen LogP contribution in [-0.2, 0) is 4.79 Å². The maximum absolute atomic E-state index is 13.1.